The first-order valence-corrected chi connectivity index (χ1v) is 5.04. The second-order valence-electron chi connectivity index (χ2n) is 4.67. The van der Waals surface area contributed by atoms with E-state index in [0.717, 1.165) is 12.0 Å². The van der Waals surface area contributed by atoms with Crippen molar-refractivity contribution in [2.75, 3.05) is 0 Å². The lowest BCUT2D eigenvalue weighted by Crippen LogP contribution is -2.09. The van der Waals surface area contributed by atoms with Crippen LogP contribution in [0.3, 0.4) is 0 Å². The second-order valence-corrected chi connectivity index (χ2v) is 5.07. The summed E-state index contributed by atoms with van der Waals surface area (Å²) in [6.07, 6.45) is 2.72. The van der Waals surface area contributed by atoms with E-state index in [-0.39, 0.29) is 12.0 Å². The van der Waals surface area contributed by atoms with Crippen molar-refractivity contribution >= 4 is 11.6 Å². The predicted molar refractivity (Wildman–Crippen MR) is 58.3 cm³/mol. The molecule has 0 aliphatic carbocycles. The van der Waals surface area contributed by atoms with Crippen LogP contribution in [0, 0.1) is 5.41 Å². The third kappa shape index (κ3) is 3.28. The highest BCUT2D eigenvalue weighted by molar-refractivity contribution is 6.31. The molecule has 0 aliphatic heterocycles. The molecule has 0 amide bonds. The molecule has 1 N–H and O–H groups in total. The van der Waals surface area contributed by atoms with Crippen LogP contribution in [0.25, 0.3) is 0 Å². The topological polar surface area (TPSA) is 33.1 Å². The van der Waals surface area contributed by atoms with Crippen molar-refractivity contribution in [3.05, 3.63) is 28.5 Å². The van der Waals surface area contributed by atoms with Crippen LogP contribution in [0.2, 0.25) is 5.02 Å². The maximum Gasteiger partial charge on any atom is 0.0868 e. The van der Waals surface area contributed by atoms with Gasteiger partial charge >= 0.3 is 0 Å². The van der Waals surface area contributed by atoms with Crippen LogP contribution >= 0.6 is 11.6 Å². The predicted octanol–water partition coefficient (Wildman–Crippen LogP) is 2.82. The lowest BCUT2D eigenvalue weighted by Gasteiger charge is -2.18. The second kappa shape index (κ2) is 4.28. The average molecular weight is 214 g/mol. The highest BCUT2D eigenvalue weighted by Crippen LogP contribution is 2.23. The van der Waals surface area contributed by atoms with Crippen LogP contribution in [0.5, 0.6) is 0 Å². The molecule has 0 aliphatic rings. The molecular weight excluding hydrogens is 198 g/mol. The average Bonchev–Trinajstić information content (AvgIpc) is 2.01. The van der Waals surface area contributed by atoms with Gasteiger partial charge in [-0.05, 0) is 23.5 Å². The van der Waals surface area contributed by atoms with E-state index in [1.807, 2.05) is 6.07 Å². The molecule has 78 valence electrons. The van der Waals surface area contributed by atoms with E-state index in [1.54, 1.807) is 6.20 Å². The molecule has 1 aromatic heterocycles. The van der Waals surface area contributed by atoms with Gasteiger partial charge in [0.15, 0.2) is 0 Å². The summed E-state index contributed by atoms with van der Waals surface area (Å²) in [4.78, 5) is 4.10. The van der Waals surface area contributed by atoms with Gasteiger partial charge in [-0.15, -0.1) is 0 Å². The van der Waals surface area contributed by atoms with Gasteiger partial charge in [0.25, 0.3) is 0 Å². The standard InChI is InChI=1S/C11H16ClNO/c1-11(2,3)5-8-4-9(12)10(7-14)13-6-8/h4,6,14H,5,7H2,1-3H3. The first-order valence-electron chi connectivity index (χ1n) is 4.66. The van der Waals surface area contributed by atoms with Crippen LogP contribution in [0.1, 0.15) is 32.0 Å². The Morgan fingerprint density at radius 2 is 2.07 bits per heavy atom. The van der Waals surface area contributed by atoms with Crippen LogP contribution < -0.4 is 0 Å². The minimum absolute atomic E-state index is 0.103. The van der Waals surface area contributed by atoms with Crippen LogP contribution in [-0.4, -0.2) is 10.1 Å². The monoisotopic (exact) mass is 213 g/mol. The number of nitrogens with zero attached hydrogens (tertiary/aromatic N) is 1. The third-order valence-corrected chi connectivity index (χ3v) is 2.19. The largest absolute Gasteiger partial charge is 0.390 e. The van der Waals surface area contributed by atoms with Gasteiger partial charge in [0.2, 0.25) is 0 Å². The molecule has 0 saturated heterocycles. The van der Waals surface area contributed by atoms with Gasteiger partial charge in [0.05, 0.1) is 17.3 Å². The molecule has 0 saturated carbocycles. The molecule has 2 nitrogen and oxygen atoms in total. The molecule has 0 bridgehead atoms. The molecule has 0 atom stereocenters. The van der Waals surface area contributed by atoms with E-state index >= 15 is 0 Å². The maximum absolute atomic E-state index is 8.89. The molecule has 0 aromatic carbocycles. The zero-order valence-electron chi connectivity index (χ0n) is 8.84. The molecule has 0 fully saturated rings. The van der Waals surface area contributed by atoms with E-state index < -0.39 is 0 Å². The Bertz CT molecular complexity index is 318. The van der Waals surface area contributed by atoms with Crippen molar-refractivity contribution in [1.82, 2.24) is 4.98 Å². The summed E-state index contributed by atoms with van der Waals surface area (Å²) in [6.45, 7) is 6.40. The van der Waals surface area contributed by atoms with Crippen LogP contribution in [0.4, 0.5) is 0 Å². The first-order chi connectivity index (χ1) is 6.42. The summed E-state index contributed by atoms with van der Waals surface area (Å²) in [5.74, 6) is 0. The van der Waals surface area contributed by atoms with Crippen LogP contribution in [-0.2, 0) is 13.0 Å². The maximum atomic E-state index is 8.89. The molecule has 1 rings (SSSR count). The summed E-state index contributed by atoms with van der Waals surface area (Å²) in [6, 6.07) is 1.88. The Morgan fingerprint density at radius 3 is 2.50 bits per heavy atom. The lowest BCUT2D eigenvalue weighted by molar-refractivity contribution is 0.277. The van der Waals surface area contributed by atoms with Gasteiger partial charge in [-0.1, -0.05) is 32.4 Å². The van der Waals surface area contributed by atoms with Gasteiger partial charge in [0.1, 0.15) is 0 Å². The van der Waals surface area contributed by atoms with Crippen molar-refractivity contribution in [3.8, 4) is 0 Å². The normalized spacial score (nSPS) is 11.8. The van der Waals surface area contributed by atoms with Gasteiger partial charge in [0, 0.05) is 6.20 Å². The Balaban J connectivity index is 2.87. The number of pyridine rings is 1. The zero-order valence-corrected chi connectivity index (χ0v) is 9.60. The molecule has 3 heteroatoms. The SMILES string of the molecule is CC(C)(C)Cc1cnc(CO)c(Cl)c1. The number of aromatic nitrogens is 1. The number of hydrogen-bond donors (Lipinski definition) is 1. The minimum atomic E-state index is -0.103. The molecule has 14 heavy (non-hydrogen) atoms. The van der Waals surface area contributed by atoms with E-state index in [4.69, 9.17) is 16.7 Å². The van der Waals surface area contributed by atoms with Crippen molar-refractivity contribution in [2.24, 2.45) is 5.41 Å². The quantitative estimate of drug-likeness (QED) is 0.820. The van der Waals surface area contributed by atoms with E-state index in [9.17, 15) is 0 Å². The molecule has 0 radical (unpaired) electrons. The van der Waals surface area contributed by atoms with Crippen molar-refractivity contribution < 1.29 is 5.11 Å². The third-order valence-electron chi connectivity index (χ3n) is 1.86. The van der Waals surface area contributed by atoms with E-state index in [0.29, 0.717) is 10.7 Å². The number of rotatable bonds is 2. The molecule has 0 spiro atoms. The lowest BCUT2D eigenvalue weighted by atomic mass is 9.89. The summed E-state index contributed by atoms with van der Waals surface area (Å²) >= 11 is 5.94. The van der Waals surface area contributed by atoms with Crippen molar-refractivity contribution in [1.29, 1.82) is 0 Å². The fourth-order valence-electron chi connectivity index (χ4n) is 1.33. The summed E-state index contributed by atoms with van der Waals surface area (Å²) in [5, 5.41) is 9.45. The van der Waals surface area contributed by atoms with Gasteiger partial charge in [-0.25, -0.2) is 0 Å². The van der Waals surface area contributed by atoms with Crippen LogP contribution in [0.15, 0.2) is 12.3 Å². The zero-order chi connectivity index (χ0) is 10.8. The fourth-order valence-corrected chi connectivity index (χ4v) is 1.58. The summed E-state index contributed by atoms with van der Waals surface area (Å²) in [7, 11) is 0. The fraction of sp³-hybridized carbons (Fsp3) is 0.545. The van der Waals surface area contributed by atoms with E-state index in [2.05, 4.69) is 25.8 Å². The van der Waals surface area contributed by atoms with Crippen molar-refractivity contribution in [2.45, 2.75) is 33.8 Å². The molecule has 1 aromatic rings. The van der Waals surface area contributed by atoms with Crippen molar-refractivity contribution in [3.63, 3.8) is 0 Å². The number of hydrogen-bond acceptors (Lipinski definition) is 2. The number of aliphatic hydroxyl groups is 1. The summed E-state index contributed by atoms with van der Waals surface area (Å²) in [5.41, 5.74) is 1.88. The Morgan fingerprint density at radius 1 is 1.43 bits per heavy atom. The Labute approximate surface area is 89.9 Å². The van der Waals surface area contributed by atoms with E-state index in [1.165, 1.54) is 0 Å². The molecular formula is C11H16ClNO. The number of aliphatic hydroxyl groups excluding tert-OH is 1. The van der Waals surface area contributed by atoms with Gasteiger partial charge < -0.3 is 5.11 Å². The highest BCUT2D eigenvalue weighted by atomic mass is 35.5. The minimum Gasteiger partial charge on any atom is -0.390 e. The molecule has 0 unspecified atom stereocenters. The molecule has 1 heterocycles. The van der Waals surface area contributed by atoms with Gasteiger partial charge in [-0.2, -0.15) is 0 Å². The summed E-state index contributed by atoms with van der Waals surface area (Å²) < 4.78 is 0. The number of halogens is 1. The Kier molecular flexibility index (Phi) is 3.51. The smallest absolute Gasteiger partial charge is 0.0868 e. The first kappa shape index (κ1) is 11.5. The Hall–Kier alpha value is -0.600. The van der Waals surface area contributed by atoms with Gasteiger partial charge in [-0.3, -0.25) is 4.98 Å². The highest BCUT2D eigenvalue weighted by Gasteiger charge is 2.12.